The summed E-state index contributed by atoms with van der Waals surface area (Å²) in [7, 11) is 0. The zero-order chi connectivity index (χ0) is 16.4. The smallest absolute Gasteiger partial charge is 0.251 e. The van der Waals surface area contributed by atoms with E-state index in [1.54, 1.807) is 16.8 Å². The van der Waals surface area contributed by atoms with E-state index in [9.17, 15) is 9.18 Å². The summed E-state index contributed by atoms with van der Waals surface area (Å²) in [5, 5.41) is 10.5. The van der Waals surface area contributed by atoms with Gasteiger partial charge in [-0.05, 0) is 57.5 Å². The SMILES string of the molecule is Cc1cc(C)n(-c2ccc(C(=O)N[C@H]3CCCNC3)cc2F)n1.Cl. The molecule has 1 atom stereocenters. The molecular formula is C17H22ClFN4O. The van der Waals surface area contributed by atoms with Crippen LogP contribution in [0.15, 0.2) is 24.3 Å². The topological polar surface area (TPSA) is 59.0 Å². The first kappa shape index (κ1) is 18.4. The molecule has 2 N–H and O–H groups in total. The zero-order valence-electron chi connectivity index (χ0n) is 13.8. The average Bonchev–Trinajstić information content (AvgIpc) is 2.86. The predicted molar refractivity (Wildman–Crippen MR) is 93.6 cm³/mol. The molecule has 3 rings (SSSR count). The summed E-state index contributed by atoms with van der Waals surface area (Å²) < 4.78 is 16.0. The molecule has 1 aliphatic rings. The lowest BCUT2D eigenvalue weighted by Gasteiger charge is -2.23. The van der Waals surface area contributed by atoms with Gasteiger partial charge in [-0.3, -0.25) is 4.79 Å². The van der Waals surface area contributed by atoms with Gasteiger partial charge in [-0.1, -0.05) is 0 Å². The van der Waals surface area contributed by atoms with E-state index >= 15 is 0 Å². The van der Waals surface area contributed by atoms with E-state index in [-0.39, 0.29) is 24.4 Å². The standard InChI is InChI=1S/C17H21FN4O.ClH/c1-11-8-12(2)22(21-11)16-6-5-13(9-15(16)18)17(23)20-14-4-3-7-19-10-14;/h5-6,8-9,14,19H,3-4,7,10H2,1-2H3,(H,20,23);1H/t14-;/m0./s1. The second-order valence-electron chi connectivity index (χ2n) is 6.02. The van der Waals surface area contributed by atoms with E-state index in [4.69, 9.17) is 0 Å². The summed E-state index contributed by atoms with van der Waals surface area (Å²) >= 11 is 0. The maximum atomic E-state index is 14.4. The number of amides is 1. The van der Waals surface area contributed by atoms with Crippen LogP contribution < -0.4 is 10.6 Å². The highest BCUT2D eigenvalue weighted by Gasteiger charge is 2.18. The van der Waals surface area contributed by atoms with Crippen LogP contribution in [0.5, 0.6) is 0 Å². The molecule has 5 nitrogen and oxygen atoms in total. The van der Waals surface area contributed by atoms with E-state index in [0.717, 1.165) is 37.3 Å². The summed E-state index contributed by atoms with van der Waals surface area (Å²) in [4.78, 5) is 12.3. The fourth-order valence-electron chi connectivity index (χ4n) is 2.94. The van der Waals surface area contributed by atoms with Crippen molar-refractivity contribution in [3.63, 3.8) is 0 Å². The summed E-state index contributed by atoms with van der Waals surface area (Å²) in [5.41, 5.74) is 2.37. The minimum Gasteiger partial charge on any atom is -0.348 e. The maximum absolute atomic E-state index is 14.4. The molecule has 0 bridgehead atoms. The Morgan fingerprint density at radius 1 is 1.38 bits per heavy atom. The lowest BCUT2D eigenvalue weighted by molar-refractivity contribution is 0.0930. The van der Waals surface area contributed by atoms with E-state index in [1.807, 2.05) is 19.9 Å². The van der Waals surface area contributed by atoms with E-state index < -0.39 is 5.82 Å². The number of aromatic nitrogens is 2. The molecule has 1 aromatic carbocycles. The molecular weight excluding hydrogens is 331 g/mol. The molecule has 2 heterocycles. The third-order valence-electron chi connectivity index (χ3n) is 4.08. The maximum Gasteiger partial charge on any atom is 0.251 e. The van der Waals surface area contributed by atoms with Crippen LogP contribution in [0.3, 0.4) is 0 Å². The molecule has 0 unspecified atom stereocenters. The number of aryl methyl sites for hydroxylation is 2. The van der Waals surface area contributed by atoms with E-state index in [1.165, 1.54) is 6.07 Å². The highest BCUT2D eigenvalue weighted by atomic mass is 35.5. The Hall–Kier alpha value is -1.92. The number of carbonyl (C=O) groups is 1. The summed E-state index contributed by atoms with van der Waals surface area (Å²) in [6.07, 6.45) is 1.99. The van der Waals surface area contributed by atoms with Crippen LogP contribution in [0, 0.1) is 19.7 Å². The highest BCUT2D eigenvalue weighted by molar-refractivity contribution is 5.94. The molecule has 1 fully saturated rings. The van der Waals surface area contributed by atoms with Crippen LogP contribution in [-0.2, 0) is 0 Å². The number of benzene rings is 1. The molecule has 0 radical (unpaired) electrons. The van der Waals surface area contributed by atoms with Crippen LogP contribution in [-0.4, -0.2) is 34.8 Å². The average molecular weight is 353 g/mol. The Morgan fingerprint density at radius 2 is 2.17 bits per heavy atom. The summed E-state index contributed by atoms with van der Waals surface area (Å²) in [6.45, 7) is 5.48. The van der Waals surface area contributed by atoms with Gasteiger partial charge in [0.05, 0.1) is 5.69 Å². The van der Waals surface area contributed by atoms with Crippen molar-refractivity contribution in [3.05, 3.63) is 47.0 Å². The lowest BCUT2D eigenvalue weighted by atomic mass is 10.1. The predicted octanol–water partition coefficient (Wildman–Crippen LogP) is 2.53. The summed E-state index contributed by atoms with van der Waals surface area (Å²) in [6, 6.07) is 6.51. The number of hydrogen-bond acceptors (Lipinski definition) is 3. The van der Waals surface area contributed by atoms with Gasteiger partial charge in [-0.15, -0.1) is 12.4 Å². The first-order valence-corrected chi connectivity index (χ1v) is 7.89. The molecule has 0 saturated carbocycles. The second-order valence-corrected chi connectivity index (χ2v) is 6.02. The number of hydrogen-bond donors (Lipinski definition) is 2. The molecule has 2 aromatic rings. The first-order chi connectivity index (χ1) is 11.0. The van der Waals surface area contributed by atoms with Crippen LogP contribution in [0.4, 0.5) is 4.39 Å². The molecule has 1 saturated heterocycles. The van der Waals surface area contributed by atoms with Gasteiger partial charge in [0.15, 0.2) is 0 Å². The highest BCUT2D eigenvalue weighted by Crippen LogP contribution is 2.18. The van der Waals surface area contributed by atoms with Gasteiger partial charge in [-0.25, -0.2) is 9.07 Å². The number of nitrogens with one attached hydrogen (secondary N) is 2. The van der Waals surface area contributed by atoms with Crippen molar-refractivity contribution in [1.82, 2.24) is 20.4 Å². The number of halogens is 2. The van der Waals surface area contributed by atoms with Crippen LogP contribution in [0.2, 0.25) is 0 Å². The lowest BCUT2D eigenvalue weighted by Crippen LogP contribution is -2.45. The number of rotatable bonds is 3. The number of piperidine rings is 1. The van der Waals surface area contributed by atoms with E-state index in [2.05, 4.69) is 15.7 Å². The van der Waals surface area contributed by atoms with Crippen molar-refractivity contribution in [2.45, 2.75) is 32.7 Å². The van der Waals surface area contributed by atoms with Crippen molar-refractivity contribution in [1.29, 1.82) is 0 Å². The number of nitrogens with zero attached hydrogens (tertiary/aromatic N) is 2. The molecule has 130 valence electrons. The van der Waals surface area contributed by atoms with Gasteiger partial charge in [0.2, 0.25) is 0 Å². The minimum absolute atomic E-state index is 0. The molecule has 1 aromatic heterocycles. The number of carbonyl (C=O) groups excluding carboxylic acids is 1. The van der Waals surface area contributed by atoms with Crippen LogP contribution >= 0.6 is 12.4 Å². The molecule has 7 heteroatoms. The fraction of sp³-hybridized carbons (Fsp3) is 0.412. The normalized spacial score (nSPS) is 17.2. The first-order valence-electron chi connectivity index (χ1n) is 7.89. The molecule has 0 spiro atoms. The Balaban J connectivity index is 0.00000208. The molecule has 1 aliphatic heterocycles. The fourth-order valence-corrected chi connectivity index (χ4v) is 2.94. The minimum atomic E-state index is -0.453. The van der Waals surface area contributed by atoms with Gasteiger partial charge >= 0.3 is 0 Å². The van der Waals surface area contributed by atoms with Crippen molar-refractivity contribution in [2.75, 3.05) is 13.1 Å². The van der Waals surface area contributed by atoms with Gasteiger partial charge in [0.1, 0.15) is 11.5 Å². The van der Waals surface area contributed by atoms with Crippen molar-refractivity contribution < 1.29 is 9.18 Å². The van der Waals surface area contributed by atoms with Gasteiger partial charge < -0.3 is 10.6 Å². The Labute approximate surface area is 147 Å². The third-order valence-corrected chi connectivity index (χ3v) is 4.08. The zero-order valence-corrected chi connectivity index (χ0v) is 14.6. The van der Waals surface area contributed by atoms with Crippen molar-refractivity contribution >= 4 is 18.3 Å². The Morgan fingerprint density at radius 3 is 2.75 bits per heavy atom. The van der Waals surface area contributed by atoms with Crippen LogP contribution in [0.1, 0.15) is 34.6 Å². The van der Waals surface area contributed by atoms with Crippen molar-refractivity contribution in [3.8, 4) is 5.69 Å². The molecule has 1 amide bonds. The largest absolute Gasteiger partial charge is 0.348 e. The van der Waals surface area contributed by atoms with Crippen molar-refractivity contribution in [2.24, 2.45) is 0 Å². The Bertz CT molecular complexity index is 725. The van der Waals surface area contributed by atoms with Gasteiger partial charge in [-0.2, -0.15) is 5.10 Å². The summed E-state index contributed by atoms with van der Waals surface area (Å²) in [5.74, 6) is -0.692. The third kappa shape index (κ3) is 3.94. The van der Waals surface area contributed by atoms with Gasteiger partial charge in [0, 0.05) is 23.8 Å². The Kier molecular flexibility index (Phi) is 5.96. The van der Waals surface area contributed by atoms with Crippen LogP contribution in [0.25, 0.3) is 5.69 Å². The van der Waals surface area contributed by atoms with Gasteiger partial charge in [0.25, 0.3) is 5.91 Å². The monoisotopic (exact) mass is 352 g/mol. The second kappa shape index (κ2) is 7.77. The quantitative estimate of drug-likeness (QED) is 0.892. The van der Waals surface area contributed by atoms with E-state index in [0.29, 0.717) is 11.3 Å². The molecule has 24 heavy (non-hydrogen) atoms. The molecule has 0 aliphatic carbocycles.